The van der Waals surface area contributed by atoms with Gasteiger partial charge in [-0.2, -0.15) is 0 Å². The molecule has 0 aliphatic heterocycles. The minimum absolute atomic E-state index is 0.0276. The third kappa shape index (κ3) is 5.62. The molecule has 0 heterocycles. The summed E-state index contributed by atoms with van der Waals surface area (Å²) < 4.78 is 47.4. The van der Waals surface area contributed by atoms with E-state index < -0.39 is 20.3 Å². The van der Waals surface area contributed by atoms with Crippen molar-refractivity contribution in [3.05, 3.63) is 0 Å². The molecular weight excluding hydrogens is 344 g/mol. The molecule has 8 nitrogen and oxygen atoms in total. The fourth-order valence-electron chi connectivity index (χ4n) is 1.97. The lowest BCUT2D eigenvalue weighted by atomic mass is 10.4. The van der Waals surface area contributed by atoms with Crippen LogP contribution in [0.1, 0.15) is 34.1 Å². The predicted molar refractivity (Wildman–Crippen MR) is 89.8 cm³/mol. The Balaban J connectivity index is 6.04. The Hall–Kier alpha value is 0.220. The molecule has 0 aromatic carbocycles. The van der Waals surface area contributed by atoms with Gasteiger partial charge in [0.25, 0.3) is 5.08 Å². The Labute approximate surface area is 139 Å². The van der Waals surface area contributed by atoms with E-state index in [1.807, 2.05) is 0 Å². The molecule has 0 bridgehead atoms. The minimum Gasteiger partial charge on any atom is -0.367 e. The molecule has 1 N–H and O–H groups in total. The molecule has 0 saturated carbocycles. The second-order valence-corrected chi connectivity index (χ2v) is 9.85. The number of hydrogen-bond acceptors (Lipinski definition) is 8. The van der Waals surface area contributed by atoms with Gasteiger partial charge in [-0.15, -0.1) is 0 Å². The zero-order valence-electron chi connectivity index (χ0n) is 15.0. The molecule has 0 aliphatic carbocycles. The maximum atomic E-state index is 13.2. The van der Waals surface area contributed by atoms with Crippen LogP contribution in [0, 0.1) is 0 Å². The van der Waals surface area contributed by atoms with E-state index in [2.05, 4.69) is 0 Å². The van der Waals surface area contributed by atoms with Gasteiger partial charge in [0.2, 0.25) is 0 Å². The smallest absolute Gasteiger partial charge is 0.367 e. The molecule has 0 aromatic rings. The highest BCUT2D eigenvalue weighted by Crippen LogP contribution is 2.77. The standard InChI is InChI=1S/C13H31NO7P2/c1-7-18-22(16,19-8-2)13(15,11-12-14(5)6)23(17,20-9-3)21-10-4/h15H,7-12H2,1-6H3. The van der Waals surface area contributed by atoms with Crippen LogP contribution in [0.4, 0.5) is 0 Å². The molecule has 0 atom stereocenters. The van der Waals surface area contributed by atoms with Gasteiger partial charge in [0.15, 0.2) is 0 Å². The van der Waals surface area contributed by atoms with Crippen LogP contribution in [0.3, 0.4) is 0 Å². The number of aliphatic hydroxyl groups is 1. The van der Waals surface area contributed by atoms with Gasteiger partial charge < -0.3 is 28.1 Å². The fraction of sp³-hybridized carbons (Fsp3) is 1.00. The van der Waals surface area contributed by atoms with Crippen molar-refractivity contribution in [2.45, 2.75) is 39.2 Å². The van der Waals surface area contributed by atoms with Gasteiger partial charge in [-0.3, -0.25) is 9.13 Å². The molecule has 0 amide bonds. The summed E-state index contributed by atoms with van der Waals surface area (Å²) in [5.41, 5.74) is 0. The Morgan fingerprint density at radius 3 is 1.35 bits per heavy atom. The Bertz CT molecular complexity index is 381. The molecule has 0 fully saturated rings. The first kappa shape index (κ1) is 23.2. The highest BCUT2D eigenvalue weighted by Gasteiger charge is 2.64. The fourth-order valence-corrected chi connectivity index (χ4v) is 6.94. The number of rotatable bonds is 13. The largest absolute Gasteiger partial charge is 0.374 e. The zero-order chi connectivity index (χ0) is 18.1. The topological polar surface area (TPSA) is 94.5 Å². The maximum Gasteiger partial charge on any atom is 0.374 e. The first-order chi connectivity index (χ1) is 10.7. The average molecular weight is 375 g/mol. The van der Waals surface area contributed by atoms with Crippen LogP contribution in [0.15, 0.2) is 0 Å². The number of nitrogens with zero attached hydrogens (tertiary/aromatic N) is 1. The minimum atomic E-state index is -4.16. The Morgan fingerprint density at radius 2 is 1.13 bits per heavy atom. The van der Waals surface area contributed by atoms with Gasteiger partial charge >= 0.3 is 15.2 Å². The second-order valence-electron chi connectivity index (χ2n) is 4.99. The molecule has 140 valence electrons. The Morgan fingerprint density at radius 1 is 0.826 bits per heavy atom. The van der Waals surface area contributed by atoms with Gasteiger partial charge in [-0.05, 0) is 41.8 Å². The normalized spacial score (nSPS) is 13.7. The summed E-state index contributed by atoms with van der Waals surface area (Å²) in [6, 6.07) is 0. The third-order valence-corrected chi connectivity index (χ3v) is 9.03. The van der Waals surface area contributed by atoms with Crippen molar-refractivity contribution in [1.82, 2.24) is 4.90 Å². The summed E-state index contributed by atoms with van der Waals surface area (Å²) in [7, 11) is -4.77. The van der Waals surface area contributed by atoms with Crippen molar-refractivity contribution in [2.75, 3.05) is 47.1 Å². The van der Waals surface area contributed by atoms with E-state index in [1.54, 1.807) is 46.7 Å². The molecule has 0 radical (unpaired) electrons. The molecule has 0 aromatic heterocycles. The zero-order valence-corrected chi connectivity index (χ0v) is 16.8. The van der Waals surface area contributed by atoms with E-state index in [1.165, 1.54) is 0 Å². The summed E-state index contributed by atoms with van der Waals surface area (Å²) >= 11 is 0. The maximum absolute atomic E-state index is 13.2. The van der Waals surface area contributed by atoms with Crippen LogP contribution in [-0.2, 0) is 27.2 Å². The summed E-state index contributed by atoms with van der Waals surface area (Å²) in [6.07, 6.45) is -0.144. The van der Waals surface area contributed by atoms with E-state index in [0.29, 0.717) is 6.54 Å². The van der Waals surface area contributed by atoms with Crippen LogP contribution < -0.4 is 0 Å². The van der Waals surface area contributed by atoms with Gasteiger partial charge in [0.1, 0.15) is 0 Å². The van der Waals surface area contributed by atoms with Crippen LogP contribution in [0.25, 0.3) is 0 Å². The third-order valence-electron chi connectivity index (χ3n) is 2.97. The van der Waals surface area contributed by atoms with Crippen LogP contribution in [0.5, 0.6) is 0 Å². The average Bonchev–Trinajstić information content (AvgIpc) is 2.45. The summed E-state index contributed by atoms with van der Waals surface area (Å²) in [4.78, 5) is 1.76. The van der Waals surface area contributed by atoms with Gasteiger partial charge in [-0.25, -0.2) is 0 Å². The van der Waals surface area contributed by atoms with Crippen molar-refractivity contribution in [3.63, 3.8) is 0 Å². The molecule has 0 rings (SSSR count). The first-order valence-electron chi connectivity index (χ1n) is 7.81. The van der Waals surface area contributed by atoms with Crippen molar-refractivity contribution in [2.24, 2.45) is 0 Å². The SMILES string of the molecule is CCOP(=O)(OCC)C(O)(CCN(C)C)P(=O)(OCC)OCC. The second kappa shape index (κ2) is 10.3. The lowest BCUT2D eigenvalue weighted by Crippen LogP contribution is -2.36. The lowest BCUT2D eigenvalue weighted by Gasteiger charge is -2.38. The van der Waals surface area contributed by atoms with Gasteiger partial charge in [0.05, 0.1) is 26.4 Å². The van der Waals surface area contributed by atoms with E-state index in [4.69, 9.17) is 18.1 Å². The van der Waals surface area contributed by atoms with E-state index in [0.717, 1.165) is 0 Å². The summed E-state index contributed by atoms with van der Waals surface area (Å²) in [6.45, 7) is 6.87. The highest BCUT2D eigenvalue weighted by atomic mass is 31.2. The highest BCUT2D eigenvalue weighted by molar-refractivity contribution is 7.73. The van der Waals surface area contributed by atoms with Crippen LogP contribution in [-0.4, -0.2) is 62.2 Å². The number of hydrogen-bond donors (Lipinski definition) is 1. The van der Waals surface area contributed by atoms with Crippen LogP contribution in [0.2, 0.25) is 0 Å². The quantitative estimate of drug-likeness (QED) is 0.491. The lowest BCUT2D eigenvalue weighted by molar-refractivity contribution is 0.0729. The van der Waals surface area contributed by atoms with Crippen molar-refractivity contribution >= 4 is 15.2 Å². The van der Waals surface area contributed by atoms with Crippen molar-refractivity contribution in [3.8, 4) is 0 Å². The van der Waals surface area contributed by atoms with Crippen LogP contribution >= 0.6 is 15.2 Å². The van der Waals surface area contributed by atoms with E-state index >= 15 is 0 Å². The van der Waals surface area contributed by atoms with Gasteiger partial charge in [-0.1, -0.05) is 0 Å². The Kier molecular flexibility index (Phi) is 10.4. The molecule has 0 saturated heterocycles. The first-order valence-corrected chi connectivity index (χ1v) is 10.9. The molecule has 0 aliphatic rings. The molecule has 0 spiro atoms. The van der Waals surface area contributed by atoms with E-state index in [9.17, 15) is 14.2 Å². The van der Waals surface area contributed by atoms with Crippen molar-refractivity contribution in [1.29, 1.82) is 0 Å². The van der Waals surface area contributed by atoms with Crippen molar-refractivity contribution < 1.29 is 32.3 Å². The molecular formula is C13H31NO7P2. The van der Waals surface area contributed by atoms with E-state index in [-0.39, 0.29) is 32.8 Å². The molecule has 23 heavy (non-hydrogen) atoms. The summed E-state index contributed by atoms with van der Waals surface area (Å²) in [5, 5.41) is 8.80. The summed E-state index contributed by atoms with van der Waals surface area (Å²) in [5.74, 6) is 0. The molecule has 10 heteroatoms. The predicted octanol–water partition coefficient (Wildman–Crippen LogP) is 3.12. The van der Waals surface area contributed by atoms with Gasteiger partial charge in [0, 0.05) is 13.0 Å². The molecule has 0 unspecified atom stereocenters. The monoisotopic (exact) mass is 375 g/mol.